The van der Waals surface area contributed by atoms with E-state index in [-0.39, 0.29) is 5.54 Å². The van der Waals surface area contributed by atoms with Crippen LogP contribution in [-0.4, -0.2) is 5.54 Å². The molecule has 0 atom stereocenters. The Bertz CT molecular complexity index is 354. The fourth-order valence-electron chi connectivity index (χ4n) is 2.57. The van der Waals surface area contributed by atoms with Crippen LogP contribution in [0.3, 0.4) is 0 Å². The zero-order valence-corrected chi connectivity index (χ0v) is 11.5. The van der Waals surface area contributed by atoms with Gasteiger partial charge in [-0.15, -0.1) is 0 Å². The van der Waals surface area contributed by atoms with E-state index in [1.165, 1.54) is 31.2 Å². The van der Waals surface area contributed by atoms with E-state index in [9.17, 15) is 0 Å². The molecule has 0 saturated heterocycles. The zero-order chi connectivity index (χ0) is 11.6. The lowest BCUT2D eigenvalue weighted by molar-refractivity contribution is 0.243. The number of hydrogen-bond acceptors (Lipinski definition) is 1. The predicted molar refractivity (Wildman–Crippen MR) is 72.4 cm³/mol. The molecular weight excluding hydrogens is 262 g/mol. The quantitative estimate of drug-likeness (QED) is 0.874. The second kappa shape index (κ2) is 4.89. The summed E-state index contributed by atoms with van der Waals surface area (Å²) in [5.41, 5.74) is 7.88. The van der Waals surface area contributed by atoms with Gasteiger partial charge < -0.3 is 5.73 Å². The van der Waals surface area contributed by atoms with Crippen molar-refractivity contribution in [2.45, 2.75) is 44.6 Å². The van der Waals surface area contributed by atoms with Crippen molar-refractivity contribution in [3.8, 4) is 0 Å². The fourth-order valence-corrected chi connectivity index (χ4v) is 3.01. The SMILES string of the molecule is CC1CCC(N)(Cc2cccc(Br)c2)CC1. The fraction of sp³-hybridized carbons (Fsp3) is 0.571. The highest BCUT2D eigenvalue weighted by atomic mass is 79.9. The van der Waals surface area contributed by atoms with Gasteiger partial charge in [0.2, 0.25) is 0 Å². The van der Waals surface area contributed by atoms with Gasteiger partial charge in [-0.25, -0.2) is 0 Å². The Morgan fingerprint density at radius 1 is 1.38 bits per heavy atom. The minimum atomic E-state index is 0.0350. The minimum absolute atomic E-state index is 0.0350. The molecule has 0 heterocycles. The normalized spacial score (nSPS) is 30.3. The lowest BCUT2D eigenvalue weighted by Crippen LogP contribution is -2.45. The monoisotopic (exact) mass is 281 g/mol. The molecule has 88 valence electrons. The molecule has 0 aromatic heterocycles. The molecule has 1 saturated carbocycles. The van der Waals surface area contributed by atoms with Crippen LogP contribution in [0.5, 0.6) is 0 Å². The van der Waals surface area contributed by atoms with Crippen LogP contribution in [0, 0.1) is 5.92 Å². The van der Waals surface area contributed by atoms with E-state index in [0.717, 1.165) is 16.8 Å². The highest BCUT2D eigenvalue weighted by molar-refractivity contribution is 9.10. The standard InChI is InChI=1S/C14H20BrN/c1-11-5-7-14(16,8-6-11)10-12-3-2-4-13(15)9-12/h2-4,9,11H,5-8,10,16H2,1H3. The van der Waals surface area contributed by atoms with Crippen molar-refractivity contribution in [2.75, 3.05) is 0 Å². The molecular formula is C14H20BrN. The first-order chi connectivity index (χ1) is 7.57. The Balaban J connectivity index is 2.03. The molecule has 1 nitrogen and oxygen atoms in total. The summed E-state index contributed by atoms with van der Waals surface area (Å²) in [5, 5.41) is 0. The highest BCUT2D eigenvalue weighted by Gasteiger charge is 2.30. The summed E-state index contributed by atoms with van der Waals surface area (Å²) in [6.07, 6.45) is 5.91. The van der Waals surface area contributed by atoms with Gasteiger partial charge in [0.1, 0.15) is 0 Å². The topological polar surface area (TPSA) is 26.0 Å². The summed E-state index contributed by atoms with van der Waals surface area (Å²) in [6.45, 7) is 2.33. The van der Waals surface area contributed by atoms with E-state index in [2.05, 4.69) is 47.1 Å². The summed E-state index contributed by atoms with van der Waals surface area (Å²) in [4.78, 5) is 0. The van der Waals surface area contributed by atoms with E-state index < -0.39 is 0 Å². The predicted octanol–water partition coefficient (Wildman–Crippen LogP) is 3.90. The largest absolute Gasteiger partial charge is 0.325 e. The number of benzene rings is 1. The summed E-state index contributed by atoms with van der Waals surface area (Å²) in [6, 6.07) is 8.52. The smallest absolute Gasteiger partial charge is 0.0195 e. The third kappa shape index (κ3) is 3.08. The Hall–Kier alpha value is -0.340. The molecule has 0 radical (unpaired) electrons. The first-order valence-corrected chi connectivity index (χ1v) is 6.90. The van der Waals surface area contributed by atoms with Crippen LogP contribution in [-0.2, 0) is 6.42 Å². The average molecular weight is 282 g/mol. The van der Waals surface area contributed by atoms with Gasteiger partial charge in [-0.2, -0.15) is 0 Å². The van der Waals surface area contributed by atoms with Gasteiger partial charge >= 0.3 is 0 Å². The highest BCUT2D eigenvalue weighted by Crippen LogP contribution is 2.32. The maximum absolute atomic E-state index is 6.49. The van der Waals surface area contributed by atoms with Crippen LogP contribution in [0.1, 0.15) is 38.2 Å². The first-order valence-electron chi connectivity index (χ1n) is 6.11. The summed E-state index contributed by atoms with van der Waals surface area (Å²) in [5.74, 6) is 0.860. The van der Waals surface area contributed by atoms with Crippen LogP contribution in [0.2, 0.25) is 0 Å². The Morgan fingerprint density at radius 2 is 2.06 bits per heavy atom. The van der Waals surface area contributed by atoms with E-state index in [1.54, 1.807) is 0 Å². The summed E-state index contributed by atoms with van der Waals surface area (Å²) >= 11 is 3.51. The molecule has 0 aliphatic heterocycles. The van der Waals surface area contributed by atoms with Crippen molar-refractivity contribution >= 4 is 15.9 Å². The van der Waals surface area contributed by atoms with Crippen molar-refractivity contribution in [3.63, 3.8) is 0 Å². The summed E-state index contributed by atoms with van der Waals surface area (Å²) in [7, 11) is 0. The molecule has 2 rings (SSSR count). The average Bonchev–Trinajstić information content (AvgIpc) is 2.23. The van der Waals surface area contributed by atoms with Crippen molar-refractivity contribution in [1.29, 1.82) is 0 Å². The molecule has 0 amide bonds. The molecule has 0 spiro atoms. The number of halogens is 1. The van der Waals surface area contributed by atoms with Crippen molar-refractivity contribution < 1.29 is 0 Å². The molecule has 16 heavy (non-hydrogen) atoms. The van der Waals surface area contributed by atoms with Gasteiger partial charge in [-0.1, -0.05) is 35.0 Å². The van der Waals surface area contributed by atoms with Crippen LogP contribution >= 0.6 is 15.9 Å². The van der Waals surface area contributed by atoms with Crippen molar-refractivity contribution in [1.82, 2.24) is 0 Å². The van der Waals surface area contributed by atoms with Crippen LogP contribution in [0.15, 0.2) is 28.7 Å². The molecule has 2 N–H and O–H groups in total. The van der Waals surface area contributed by atoms with Gasteiger partial charge in [-0.05, 0) is 55.7 Å². The number of rotatable bonds is 2. The third-order valence-electron chi connectivity index (χ3n) is 3.72. The van der Waals surface area contributed by atoms with Gasteiger partial charge in [0.05, 0.1) is 0 Å². The second-order valence-electron chi connectivity index (χ2n) is 5.35. The number of nitrogens with two attached hydrogens (primary N) is 1. The Labute approximate surface area is 107 Å². The van der Waals surface area contributed by atoms with E-state index >= 15 is 0 Å². The van der Waals surface area contributed by atoms with Crippen molar-refractivity contribution in [3.05, 3.63) is 34.3 Å². The van der Waals surface area contributed by atoms with Gasteiger partial charge in [0.25, 0.3) is 0 Å². The third-order valence-corrected chi connectivity index (χ3v) is 4.21. The molecule has 0 unspecified atom stereocenters. The van der Waals surface area contributed by atoms with E-state index in [4.69, 9.17) is 5.73 Å². The molecule has 1 aromatic rings. The molecule has 1 aromatic carbocycles. The van der Waals surface area contributed by atoms with Crippen LogP contribution in [0.4, 0.5) is 0 Å². The van der Waals surface area contributed by atoms with E-state index in [0.29, 0.717) is 0 Å². The Kier molecular flexibility index (Phi) is 3.70. The van der Waals surface area contributed by atoms with Gasteiger partial charge in [0, 0.05) is 10.0 Å². The first kappa shape index (κ1) is 12.1. The molecule has 1 aliphatic carbocycles. The summed E-state index contributed by atoms with van der Waals surface area (Å²) < 4.78 is 1.15. The van der Waals surface area contributed by atoms with E-state index in [1.807, 2.05) is 0 Å². The lowest BCUT2D eigenvalue weighted by Gasteiger charge is -2.36. The zero-order valence-electron chi connectivity index (χ0n) is 9.88. The minimum Gasteiger partial charge on any atom is -0.325 e. The molecule has 1 fully saturated rings. The van der Waals surface area contributed by atoms with Crippen LogP contribution in [0.25, 0.3) is 0 Å². The number of hydrogen-bond donors (Lipinski definition) is 1. The second-order valence-corrected chi connectivity index (χ2v) is 6.27. The maximum Gasteiger partial charge on any atom is 0.0195 e. The molecule has 0 bridgehead atoms. The molecule has 2 heteroatoms. The van der Waals surface area contributed by atoms with Gasteiger partial charge in [0.15, 0.2) is 0 Å². The molecule has 1 aliphatic rings. The maximum atomic E-state index is 6.49. The van der Waals surface area contributed by atoms with Gasteiger partial charge in [-0.3, -0.25) is 0 Å². The Morgan fingerprint density at radius 3 is 2.69 bits per heavy atom. The van der Waals surface area contributed by atoms with Crippen LogP contribution < -0.4 is 5.73 Å². The van der Waals surface area contributed by atoms with Crippen molar-refractivity contribution in [2.24, 2.45) is 11.7 Å². The lowest BCUT2D eigenvalue weighted by atomic mass is 9.75.